The number of carbonyl (C=O) groups excluding carboxylic acids is 1. The molecular weight excluding hydrogens is 312 g/mol. The summed E-state index contributed by atoms with van der Waals surface area (Å²) in [5.74, 6) is -0.470. The number of anilines is 1. The fourth-order valence-corrected chi connectivity index (χ4v) is 2.76. The average Bonchev–Trinajstić information content (AvgIpc) is 2.61. The van der Waals surface area contributed by atoms with E-state index in [1.54, 1.807) is 6.07 Å². The van der Waals surface area contributed by atoms with Gasteiger partial charge in [-0.05, 0) is 26.2 Å². The van der Waals surface area contributed by atoms with Crippen molar-refractivity contribution in [2.45, 2.75) is 0 Å². The molecule has 0 aliphatic heterocycles. The van der Waals surface area contributed by atoms with Crippen molar-refractivity contribution < 1.29 is 4.79 Å². The maximum absolute atomic E-state index is 11.8. The van der Waals surface area contributed by atoms with Crippen LogP contribution in [0.15, 0.2) is 54.6 Å². The molecule has 1 aromatic heterocycles. The summed E-state index contributed by atoms with van der Waals surface area (Å²) in [4.78, 5) is 18.7. The smallest absolute Gasteiger partial charge is 0.250 e. The zero-order chi connectivity index (χ0) is 17.8. The molecule has 0 atom stereocenters. The number of amides is 1. The van der Waals surface area contributed by atoms with Gasteiger partial charge < -0.3 is 16.0 Å². The van der Waals surface area contributed by atoms with E-state index in [9.17, 15) is 4.79 Å². The highest BCUT2D eigenvalue weighted by Crippen LogP contribution is 2.30. The number of likely N-dealkylation sites (N-methyl/N-ethyl adjacent to an activating group) is 1. The highest BCUT2D eigenvalue weighted by Gasteiger charge is 2.13. The summed E-state index contributed by atoms with van der Waals surface area (Å²) in [6.45, 7) is 1.70. The molecule has 5 nitrogen and oxygen atoms in total. The number of aromatic nitrogens is 1. The van der Waals surface area contributed by atoms with Gasteiger partial charge in [-0.15, -0.1) is 0 Å². The zero-order valence-corrected chi connectivity index (χ0v) is 14.5. The van der Waals surface area contributed by atoms with Gasteiger partial charge in [0, 0.05) is 29.7 Å². The minimum atomic E-state index is -0.470. The summed E-state index contributed by atoms with van der Waals surface area (Å²) >= 11 is 0. The molecule has 0 saturated carbocycles. The van der Waals surface area contributed by atoms with Crippen molar-refractivity contribution in [2.24, 2.45) is 5.73 Å². The van der Waals surface area contributed by atoms with Crippen LogP contribution in [-0.4, -0.2) is 43.0 Å². The van der Waals surface area contributed by atoms with Crippen molar-refractivity contribution in [3.63, 3.8) is 0 Å². The monoisotopic (exact) mass is 334 g/mol. The summed E-state index contributed by atoms with van der Waals surface area (Å²) in [6, 6.07) is 17.5. The SMILES string of the molecule is CN(C)CCNc1cc(-c2ccccc2)nc2c(C(N)=O)cccc12. The Labute approximate surface area is 147 Å². The van der Waals surface area contributed by atoms with Crippen LogP contribution >= 0.6 is 0 Å². The Kier molecular flexibility index (Phi) is 4.95. The number of hydrogen-bond acceptors (Lipinski definition) is 4. The van der Waals surface area contributed by atoms with Crippen molar-refractivity contribution in [2.75, 3.05) is 32.5 Å². The minimum Gasteiger partial charge on any atom is -0.383 e. The van der Waals surface area contributed by atoms with Gasteiger partial charge in [-0.3, -0.25) is 4.79 Å². The first-order chi connectivity index (χ1) is 12.1. The van der Waals surface area contributed by atoms with Gasteiger partial charge >= 0.3 is 0 Å². The minimum absolute atomic E-state index is 0.436. The number of nitrogens with two attached hydrogens (primary N) is 1. The normalized spacial score (nSPS) is 11.0. The number of para-hydroxylation sites is 1. The quantitative estimate of drug-likeness (QED) is 0.727. The van der Waals surface area contributed by atoms with Gasteiger partial charge in [-0.25, -0.2) is 4.98 Å². The van der Waals surface area contributed by atoms with Crippen molar-refractivity contribution in [3.05, 3.63) is 60.2 Å². The molecule has 0 bridgehead atoms. The number of fused-ring (bicyclic) bond motifs is 1. The summed E-state index contributed by atoms with van der Waals surface area (Å²) in [5.41, 5.74) is 9.38. The van der Waals surface area contributed by atoms with Gasteiger partial charge in [0.25, 0.3) is 5.91 Å². The van der Waals surface area contributed by atoms with E-state index in [4.69, 9.17) is 10.7 Å². The van der Waals surface area contributed by atoms with E-state index < -0.39 is 5.91 Å². The molecule has 3 rings (SSSR count). The van der Waals surface area contributed by atoms with Crippen LogP contribution in [0, 0.1) is 0 Å². The Balaban J connectivity index is 2.14. The molecule has 0 aliphatic carbocycles. The molecule has 25 heavy (non-hydrogen) atoms. The number of nitrogens with zero attached hydrogens (tertiary/aromatic N) is 2. The molecule has 5 heteroatoms. The van der Waals surface area contributed by atoms with E-state index in [0.717, 1.165) is 35.4 Å². The van der Waals surface area contributed by atoms with Crippen molar-refractivity contribution >= 4 is 22.5 Å². The number of hydrogen-bond donors (Lipinski definition) is 2. The maximum atomic E-state index is 11.8. The van der Waals surface area contributed by atoms with Crippen molar-refractivity contribution in [1.82, 2.24) is 9.88 Å². The van der Waals surface area contributed by atoms with Crippen LogP contribution in [0.1, 0.15) is 10.4 Å². The molecule has 1 amide bonds. The van der Waals surface area contributed by atoms with E-state index in [2.05, 4.69) is 10.2 Å². The first-order valence-electron chi connectivity index (χ1n) is 8.24. The lowest BCUT2D eigenvalue weighted by Gasteiger charge is -2.15. The third kappa shape index (κ3) is 3.78. The van der Waals surface area contributed by atoms with E-state index in [0.29, 0.717) is 11.1 Å². The highest BCUT2D eigenvalue weighted by molar-refractivity contribution is 6.08. The lowest BCUT2D eigenvalue weighted by Crippen LogP contribution is -2.21. The molecule has 0 aliphatic rings. The largest absolute Gasteiger partial charge is 0.383 e. The molecule has 2 aromatic carbocycles. The van der Waals surface area contributed by atoms with Gasteiger partial charge in [0.15, 0.2) is 0 Å². The van der Waals surface area contributed by atoms with Gasteiger partial charge in [-0.2, -0.15) is 0 Å². The van der Waals surface area contributed by atoms with Gasteiger partial charge in [0.2, 0.25) is 0 Å². The summed E-state index contributed by atoms with van der Waals surface area (Å²) in [6.07, 6.45) is 0. The summed E-state index contributed by atoms with van der Waals surface area (Å²) < 4.78 is 0. The number of primary amides is 1. The van der Waals surface area contributed by atoms with Crippen LogP contribution in [0.25, 0.3) is 22.2 Å². The summed E-state index contributed by atoms with van der Waals surface area (Å²) in [7, 11) is 4.07. The van der Waals surface area contributed by atoms with E-state index in [-0.39, 0.29) is 0 Å². The lowest BCUT2D eigenvalue weighted by atomic mass is 10.0. The second kappa shape index (κ2) is 7.32. The predicted octanol–water partition coefficient (Wildman–Crippen LogP) is 2.97. The predicted molar refractivity (Wildman–Crippen MR) is 103 cm³/mol. The fraction of sp³-hybridized carbons (Fsp3) is 0.200. The number of benzene rings is 2. The molecule has 0 spiro atoms. The standard InChI is InChI=1S/C20H22N4O/c1-24(2)12-11-22-18-13-17(14-7-4-3-5-8-14)23-19-15(18)9-6-10-16(19)20(21)25/h3-10,13H,11-12H2,1-2H3,(H2,21,25)(H,22,23). The molecule has 3 aromatic rings. The van der Waals surface area contributed by atoms with E-state index in [1.165, 1.54) is 0 Å². The molecule has 0 radical (unpaired) electrons. The van der Waals surface area contributed by atoms with Gasteiger partial charge in [-0.1, -0.05) is 42.5 Å². The third-order valence-corrected chi connectivity index (χ3v) is 4.05. The van der Waals surface area contributed by atoms with E-state index in [1.807, 2.05) is 62.6 Å². The molecule has 128 valence electrons. The zero-order valence-electron chi connectivity index (χ0n) is 14.5. The first kappa shape index (κ1) is 16.9. The van der Waals surface area contributed by atoms with Crippen molar-refractivity contribution in [3.8, 4) is 11.3 Å². The molecule has 0 fully saturated rings. The molecular formula is C20H22N4O. The number of carbonyl (C=O) groups is 1. The Morgan fingerprint density at radius 3 is 2.56 bits per heavy atom. The number of rotatable bonds is 6. The van der Waals surface area contributed by atoms with Crippen LogP contribution in [0.2, 0.25) is 0 Å². The highest BCUT2D eigenvalue weighted by atomic mass is 16.1. The molecule has 1 heterocycles. The Bertz CT molecular complexity index is 891. The van der Waals surface area contributed by atoms with Gasteiger partial charge in [0.1, 0.15) is 0 Å². The molecule has 0 saturated heterocycles. The van der Waals surface area contributed by atoms with E-state index >= 15 is 0 Å². The van der Waals surface area contributed by atoms with Crippen LogP contribution in [0.5, 0.6) is 0 Å². The Hall–Kier alpha value is -2.92. The number of nitrogens with one attached hydrogen (secondary N) is 1. The van der Waals surface area contributed by atoms with Crippen LogP contribution in [0.4, 0.5) is 5.69 Å². The van der Waals surface area contributed by atoms with Crippen LogP contribution in [-0.2, 0) is 0 Å². The topological polar surface area (TPSA) is 71.2 Å². The number of pyridine rings is 1. The second-order valence-corrected chi connectivity index (χ2v) is 6.22. The fourth-order valence-electron chi connectivity index (χ4n) is 2.76. The van der Waals surface area contributed by atoms with Gasteiger partial charge in [0.05, 0.1) is 16.8 Å². The molecule has 3 N–H and O–H groups in total. The van der Waals surface area contributed by atoms with Crippen LogP contribution in [0.3, 0.4) is 0 Å². The Morgan fingerprint density at radius 1 is 1.12 bits per heavy atom. The Morgan fingerprint density at radius 2 is 1.88 bits per heavy atom. The second-order valence-electron chi connectivity index (χ2n) is 6.22. The molecule has 0 unspecified atom stereocenters. The first-order valence-corrected chi connectivity index (χ1v) is 8.24. The van der Waals surface area contributed by atoms with Crippen molar-refractivity contribution in [1.29, 1.82) is 0 Å². The lowest BCUT2D eigenvalue weighted by molar-refractivity contribution is 0.100. The third-order valence-electron chi connectivity index (χ3n) is 4.05. The van der Waals surface area contributed by atoms with Crippen LogP contribution < -0.4 is 11.1 Å². The maximum Gasteiger partial charge on any atom is 0.250 e. The average molecular weight is 334 g/mol. The summed E-state index contributed by atoms with van der Waals surface area (Å²) in [5, 5.41) is 4.36.